The minimum absolute atomic E-state index is 0.123. The van der Waals surface area contributed by atoms with E-state index in [4.69, 9.17) is 4.74 Å². The number of ether oxygens (including phenoxy) is 1. The number of amides is 1. The summed E-state index contributed by atoms with van der Waals surface area (Å²) in [5.74, 6) is 0. The average molecular weight is 254 g/mol. The van der Waals surface area contributed by atoms with E-state index in [-0.39, 0.29) is 17.7 Å². The fraction of sp³-hybridized carbons (Fsp3) is 0.750. The van der Waals surface area contributed by atoms with Crippen molar-refractivity contribution in [3.63, 3.8) is 0 Å². The second kappa shape index (κ2) is 4.96. The largest absolute Gasteiger partial charge is 0.443 e. The van der Waals surface area contributed by atoms with E-state index < -0.39 is 6.09 Å². The van der Waals surface area contributed by atoms with Gasteiger partial charge in [-0.3, -0.25) is 0 Å². The molecule has 0 unspecified atom stereocenters. The zero-order valence-electron chi connectivity index (χ0n) is 11.9. The van der Waals surface area contributed by atoms with Crippen LogP contribution in [-0.4, -0.2) is 26.6 Å². The van der Waals surface area contributed by atoms with Gasteiger partial charge in [0.25, 0.3) is 0 Å². The number of rotatable bonds is 2. The Labute approximate surface area is 108 Å². The summed E-state index contributed by atoms with van der Waals surface area (Å²) in [5.41, 5.74) is 0.202. The molecule has 18 heavy (non-hydrogen) atoms. The Kier molecular flexibility index (Phi) is 3.98. The summed E-state index contributed by atoms with van der Waals surface area (Å²) < 4.78 is 6.81. The van der Waals surface area contributed by atoms with Gasteiger partial charge in [0.05, 0.1) is 11.7 Å². The van der Waals surface area contributed by atoms with Gasteiger partial charge in [-0.1, -0.05) is 5.21 Å². The monoisotopic (exact) mass is 254 g/mol. The zero-order valence-corrected chi connectivity index (χ0v) is 11.9. The van der Waals surface area contributed by atoms with E-state index in [1.807, 2.05) is 41.5 Å². The van der Waals surface area contributed by atoms with E-state index in [1.54, 1.807) is 10.9 Å². The van der Waals surface area contributed by atoms with Gasteiger partial charge < -0.3 is 10.1 Å². The van der Waals surface area contributed by atoms with Gasteiger partial charge in [-0.2, -0.15) is 0 Å². The molecule has 1 N–H and O–H groups in total. The van der Waals surface area contributed by atoms with Gasteiger partial charge >= 0.3 is 6.09 Å². The van der Waals surface area contributed by atoms with E-state index in [9.17, 15) is 4.79 Å². The molecule has 1 heterocycles. The van der Waals surface area contributed by atoms with Crippen molar-refractivity contribution in [1.82, 2.24) is 20.3 Å². The molecule has 0 spiro atoms. The lowest BCUT2D eigenvalue weighted by molar-refractivity contribution is 0.130. The SMILES string of the molecule is CC(C)(C)NC(=O)OCc1cn(C(C)(C)C)nn1. The highest BCUT2D eigenvalue weighted by atomic mass is 16.5. The van der Waals surface area contributed by atoms with Gasteiger partial charge in [0.1, 0.15) is 12.3 Å². The van der Waals surface area contributed by atoms with Crippen LogP contribution in [0, 0.1) is 0 Å². The Hall–Kier alpha value is -1.59. The predicted octanol–water partition coefficient (Wildman–Crippen LogP) is 2.06. The summed E-state index contributed by atoms with van der Waals surface area (Å²) in [4.78, 5) is 11.4. The third-order valence-corrected chi connectivity index (χ3v) is 2.06. The van der Waals surface area contributed by atoms with Gasteiger partial charge in [0.2, 0.25) is 0 Å². The number of carbonyl (C=O) groups excluding carboxylic acids is 1. The molecule has 1 aromatic rings. The van der Waals surface area contributed by atoms with Crippen LogP contribution in [0.1, 0.15) is 47.2 Å². The molecule has 1 amide bonds. The lowest BCUT2D eigenvalue weighted by Gasteiger charge is -2.19. The second-order valence-corrected chi connectivity index (χ2v) is 6.28. The van der Waals surface area contributed by atoms with Crippen molar-refractivity contribution in [2.45, 2.75) is 59.2 Å². The molecule has 0 bridgehead atoms. The highest BCUT2D eigenvalue weighted by molar-refractivity contribution is 5.67. The third-order valence-electron chi connectivity index (χ3n) is 2.06. The number of carbonyl (C=O) groups is 1. The fourth-order valence-electron chi connectivity index (χ4n) is 1.17. The van der Waals surface area contributed by atoms with Gasteiger partial charge in [-0.15, -0.1) is 5.10 Å². The lowest BCUT2D eigenvalue weighted by atomic mass is 10.1. The van der Waals surface area contributed by atoms with Crippen molar-refractivity contribution < 1.29 is 9.53 Å². The first-order valence-electron chi connectivity index (χ1n) is 5.94. The maximum absolute atomic E-state index is 11.4. The van der Waals surface area contributed by atoms with Crippen LogP contribution < -0.4 is 5.32 Å². The smallest absolute Gasteiger partial charge is 0.407 e. The summed E-state index contributed by atoms with van der Waals surface area (Å²) in [5, 5.41) is 10.7. The standard InChI is InChI=1S/C12H22N4O2/c1-11(2,3)13-10(17)18-8-9-7-16(15-14-9)12(4,5)6/h7H,8H2,1-6H3,(H,13,17). The summed E-state index contributed by atoms with van der Waals surface area (Å²) in [6.07, 6.45) is 1.33. The number of nitrogens with one attached hydrogen (secondary N) is 1. The van der Waals surface area contributed by atoms with Gasteiger partial charge in [0, 0.05) is 5.54 Å². The molecule has 0 aliphatic heterocycles. The normalized spacial score (nSPS) is 12.3. The molecule has 0 fully saturated rings. The van der Waals surface area contributed by atoms with E-state index >= 15 is 0 Å². The number of hydrogen-bond donors (Lipinski definition) is 1. The maximum atomic E-state index is 11.4. The molecule has 1 rings (SSSR count). The number of aromatic nitrogens is 3. The van der Waals surface area contributed by atoms with Crippen molar-refractivity contribution in [1.29, 1.82) is 0 Å². The van der Waals surface area contributed by atoms with Crippen LogP contribution >= 0.6 is 0 Å². The van der Waals surface area contributed by atoms with Gasteiger partial charge in [-0.25, -0.2) is 9.48 Å². The number of nitrogens with zero attached hydrogens (tertiary/aromatic N) is 3. The van der Waals surface area contributed by atoms with Crippen LogP contribution in [0.3, 0.4) is 0 Å². The first-order valence-corrected chi connectivity index (χ1v) is 5.94. The Balaban J connectivity index is 2.50. The molecule has 0 atom stereocenters. The van der Waals surface area contributed by atoms with Gasteiger partial charge in [0.15, 0.2) is 0 Å². The Morgan fingerprint density at radius 1 is 1.33 bits per heavy atom. The second-order valence-electron chi connectivity index (χ2n) is 6.28. The molecular weight excluding hydrogens is 232 g/mol. The molecule has 0 aliphatic rings. The van der Waals surface area contributed by atoms with Crippen molar-refractivity contribution >= 4 is 6.09 Å². The minimum Gasteiger partial charge on any atom is -0.443 e. The van der Waals surface area contributed by atoms with Crippen molar-refractivity contribution in [3.8, 4) is 0 Å². The Bertz CT molecular complexity index is 412. The topological polar surface area (TPSA) is 69.0 Å². The van der Waals surface area contributed by atoms with Crippen LogP contribution in [0.5, 0.6) is 0 Å². The average Bonchev–Trinajstić information content (AvgIpc) is 2.59. The summed E-state index contributed by atoms with van der Waals surface area (Å²) in [7, 11) is 0. The third kappa shape index (κ3) is 4.73. The molecule has 0 saturated heterocycles. The van der Waals surface area contributed by atoms with Crippen molar-refractivity contribution in [2.75, 3.05) is 0 Å². The van der Waals surface area contributed by atoms with E-state index in [0.717, 1.165) is 0 Å². The van der Waals surface area contributed by atoms with Crippen LogP contribution in [0.25, 0.3) is 0 Å². The highest BCUT2D eigenvalue weighted by Gasteiger charge is 2.17. The van der Waals surface area contributed by atoms with E-state index in [2.05, 4.69) is 15.6 Å². The Morgan fingerprint density at radius 2 is 1.94 bits per heavy atom. The van der Waals surface area contributed by atoms with E-state index in [0.29, 0.717) is 5.69 Å². The van der Waals surface area contributed by atoms with Gasteiger partial charge in [-0.05, 0) is 41.5 Å². The van der Waals surface area contributed by atoms with Crippen LogP contribution in [0.15, 0.2) is 6.20 Å². The lowest BCUT2D eigenvalue weighted by Crippen LogP contribution is -2.40. The van der Waals surface area contributed by atoms with Crippen LogP contribution in [0.4, 0.5) is 4.79 Å². The van der Waals surface area contributed by atoms with Crippen molar-refractivity contribution in [2.24, 2.45) is 0 Å². The maximum Gasteiger partial charge on any atom is 0.407 e. The molecule has 6 nitrogen and oxygen atoms in total. The highest BCUT2D eigenvalue weighted by Crippen LogP contribution is 2.12. The molecule has 0 aliphatic carbocycles. The van der Waals surface area contributed by atoms with E-state index in [1.165, 1.54) is 0 Å². The first-order chi connectivity index (χ1) is 8.08. The molecular formula is C12H22N4O2. The summed E-state index contributed by atoms with van der Waals surface area (Å²) >= 11 is 0. The Morgan fingerprint density at radius 3 is 2.39 bits per heavy atom. The zero-order chi connectivity index (χ0) is 14.0. The van der Waals surface area contributed by atoms with Crippen LogP contribution in [-0.2, 0) is 16.9 Å². The molecule has 0 aromatic carbocycles. The molecule has 0 radical (unpaired) electrons. The quantitative estimate of drug-likeness (QED) is 0.877. The molecule has 102 valence electrons. The fourth-order valence-corrected chi connectivity index (χ4v) is 1.17. The van der Waals surface area contributed by atoms with Crippen LogP contribution in [0.2, 0.25) is 0 Å². The summed E-state index contributed by atoms with van der Waals surface area (Å²) in [6.45, 7) is 11.9. The van der Waals surface area contributed by atoms with Crippen molar-refractivity contribution in [3.05, 3.63) is 11.9 Å². The molecule has 1 aromatic heterocycles. The number of alkyl carbamates (subject to hydrolysis) is 1. The molecule has 0 saturated carbocycles. The summed E-state index contributed by atoms with van der Waals surface area (Å²) in [6, 6.07) is 0. The first kappa shape index (κ1) is 14.5. The minimum atomic E-state index is -0.451. The molecule has 6 heteroatoms. The number of hydrogen-bond acceptors (Lipinski definition) is 4. The predicted molar refractivity (Wildman–Crippen MR) is 68.1 cm³/mol.